The molecule has 1 N–H and O–H groups in total. The number of hydrogen-bond donors (Lipinski definition) is 1. The molecule has 36 heavy (non-hydrogen) atoms. The summed E-state index contributed by atoms with van der Waals surface area (Å²) in [5.41, 5.74) is 1.40. The number of carbonyl (C=O) groups excluding carboxylic acids is 1. The van der Waals surface area contributed by atoms with Crippen LogP contribution in [0.4, 0.5) is 5.13 Å². The third-order valence-corrected chi connectivity index (χ3v) is 7.33. The molecule has 1 atom stereocenters. The Morgan fingerprint density at radius 1 is 1.22 bits per heavy atom. The van der Waals surface area contributed by atoms with Crippen LogP contribution in [-0.4, -0.2) is 31.4 Å². The van der Waals surface area contributed by atoms with E-state index in [4.69, 9.17) is 39.5 Å². The number of carbonyl (C=O) groups is 1. The number of rotatable bonds is 10. The van der Waals surface area contributed by atoms with Crippen molar-refractivity contribution >= 4 is 68.9 Å². The molecule has 1 unspecified atom stereocenters. The van der Waals surface area contributed by atoms with E-state index in [1.54, 1.807) is 36.4 Å². The fourth-order valence-corrected chi connectivity index (χ4v) is 5.41. The van der Waals surface area contributed by atoms with Crippen molar-refractivity contribution in [1.82, 2.24) is 19.7 Å². The summed E-state index contributed by atoms with van der Waals surface area (Å²) in [6.07, 6.45) is 1.34. The van der Waals surface area contributed by atoms with Gasteiger partial charge in [-0.3, -0.25) is 9.36 Å². The van der Waals surface area contributed by atoms with Gasteiger partial charge in [-0.1, -0.05) is 58.7 Å². The molecule has 1 amide bonds. The van der Waals surface area contributed by atoms with Crippen molar-refractivity contribution in [2.45, 2.75) is 24.7 Å². The molecule has 4 rings (SSSR count). The van der Waals surface area contributed by atoms with E-state index >= 15 is 0 Å². The number of ether oxygens (including phenoxy) is 1. The zero-order valence-electron chi connectivity index (χ0n) is 19.0. The van der Waals surface area contributed by atoms with Crippen molar-refractivity contribution in [1.29, 1.82) is 0 Å². The van der Waals surface area contributed by atoms with Gasteiger partial charge in [0, 0.05) is 27.5 Å². The van der Waals surface area contributed by atoms with E-state index in [0.717, 1.165) is 5.56 Å². The number of thiazole rings is 1. The maximum atomic E-state index is 12.6. The van der Waals surface area contributed by atoms with Crippen LogP contribution >= 0.6 is 57.9 Å². The molecule has 2 aromatic heterocycles. The largest absolute Gasteiger partial charge is 0.483 e. The lowest BCUT2D eigenvalue weighted by Crippen LogP contribution is -2.15. The lowest BCUT2D eigenvalue weighted by molar-refractivity contribution is -0.113. The van der Waals surface area contributed by atoms with Gasteiger partial charge in [-0.15, -0.1) is 28.1 Å². The third-order valence-electron chi connectivity index (χ3n) is 4.82. The number of anilines is 1. The van der Waals surface area contributed by atoms with Crippen LogP contribution in [0.1, 0.15) is 18.9 Å². The number of amides is 1. The van der Waals surface area contributed by atoms with E-state index in [9.17, 15) is 4.79 Å². The second-order valence-corrected chi connectivity index (χ2v) is 10.5. The van der Waals surface area contributed by atoms with Crippen LogP contribution in [0.2, 0.25) is 15.1 Å². The molecule has 0 radical (unpaired) electrons. The Kier molecular flexibility index (Phi) is 8.92. The van der Waals surface area contributed by atoms with Crippen molar-refractivity contribution in [3.05, 3.63) is 81.4 Å². The Bertz CT molecular complexity index is 1390. The summed E-state index contributed by atoms with van der Waals surface area (Å²) in [6.45, 7) is 6.15. The standard InChI is InChI=1S/C24H20Cl3N5O2S2/c1-3-9-32-22(14(2)34-17-6-4-5-15(25)10-17)30-31-24(32)36-13-21(33)29-23-28-20(12-35-23)18-8-7-16(26)11-19(18)27/h3-8,10-12,14H,1,9,13H2,2H3,(H,28,29,33). The zero-order valence-corrected chi connectivity index (χ0v) is 22.9. The van der Waals surface area contributed by atoms with Gasteiger partial charge in [0.05, 0.1) is 16.5 Å². The van der Waals surface area contributed by atoms with Crippen LogP contribution in [0.15, 0.2) is 65.7 Å². The first-order valence-corrected chi connectivity index (χ1v) is 13.6. The summed E-state index contributed by atoms with van der Waals surface area (Å²) < 4.78 is 7.85. The van der Waals surface area contributed by atoms with E-state index < -0.39 is 6.10 Å². The number of halogens is 3. The Hall–Kier alpha value is -2.56. The quantitative estimate of drug-likeness (QED) is 0.155. The minimum absolute atomic E-state index is 0.120. The Balaban J connectivity index is 1.39. The maximum Gasteiger partial charge on any atom is 0.236 e. The summed E-state index contributed by atoms with van der Waals surface area (Å²) in [5, 5.41) is 15.9. The first-order valence-electron chi connectivity index (χ1n) is 10.6. The molecule has 0 aliphatic rings. The fraction of sp³-hybridized carbons (Fsp3) is 0.167. The summed E-state index contributed by atoms with van der Waals surface area (Å²) in [7, 11) is 0. The lowest BCUT2D eigenvalue weighted by Gasteiger charge is -2.15. The van der Waals surface area contributed by atoms with Gasteiger partial charge in [-0.25, -0.2) is 4.98 Å². The molecule has 0 spiro atoms. The lowest BCUT2D eigenvalue weighted by atomic mass is 10.2. The van der Waals surface area contributed by atoms with Gasteiger partial charge in [0.15, 0.2) is 22.2 Å². The monoisotopic (exact) mass is 579 g/mol. The molecule has 7 nitrogen and oxygen atoms in total. The molecular weight excluding hydrogens is 561 g/mol. The Labute approximate surface area is 231 Å². The topological polar surface area (TPSA) is 81.9 Å². The van der Waals surface area contributed by atoms with Crippen LogP contribution < -0.4 is 10.1 Å². The van der Waals surface area contributed by atoms with Crippen molar-refractivity contribution in [3.8, 4) is 17.0 Å². The summed E-state index contributed by atoms with van der Waals surface area (Å²) in [6, 6.07) is 12.3. The molecule has 0 saturated heterocycles. The molecule has 0 bridgehead atoms. The highest BCUT2D eigenvalue weighted by Crippen LogP contribution is 2.32. The smallest absolute Gasteiger partial charge is 0.236 e. The van der Waals surface area contributed by atoms with Gasteiger partial charge in [0.2, 0.25) is 5.91 Å². The second-order valence-electron chi connectivity index (χ2n) is 7.46. The predicted octanol–water partition coefficient (Wildman–Crippen LogP) is 7.42. The van der Waals surface area contributed by atoms with Crippen LogP contribution in [0, 0.1) is 0 Å². The van der Waals surface area contributed by atoms with E-state index in [1.165, 1.54) is 23.1 Å². The SMILES string of the molecule is C=CCn1c(SCC(=O)Nc2nc(-c3ccc(Cl)cc3Cl)cs2)nnc1C(C)Oc1cccc(Cl)c1. The zero-order chi connectivity index (χ0) is 25.7. The van der Waals surface area contributed by atoms with Crippen LogP contribution in [-0.2, 0) is 11.3 Å². The van der Waals surface area contributed by atoms with Crippen molar-refractivity contribution in [2.75, 3.05) is 11.1 Å². The van der Waals surface area contributed by atoms with E-state index in [1.807, 2.05) is 29.0 Å². The highest BCUT2D eigenvalue weighted by Gasteiger charge is 2.20. The first-order chi connectivity index (χ1) is 17.3. The van der Waals surface area contributed by atoms with Crippen LogP contribution in [0.5, 0.6) is 5.75 Å². The molecule has 0 fully saturated rings. The number of hydrogen-bond acceptors (Lipinski definition) is 7. The van der Waals surface area contributed by atoms with Gasteiger partial charge >= 0.3 is 0 Å². The molecule has 12 heteroatoms. The molecule has 0 saturated carbocycles. The number of benzene rings is 2. The van der Waals surface area contributed by atoms with E-state index in [-0.39, 0.29) is 11.7 Å². The van der Waals surface area contributed by atoms with Crippen molar-refractivity contribution in [2.24, 2.45) is 0 Å². The highest BCUT2D eigenvalue weighted by atomic mass is 35.5. The van der Waals surface area contributed by atoms with Gasteiger partial charge < -0.3 is 10.1 Å². The average Bonchev–Trinajstić information content (AvgIpc) is 3.45. The predicted molar refractivity (Wildman–Crippen MR) is 148 cm³/mol. The second kappa shape index (κ2) is 12.1. The molecule has 2 aromatic carbocycles. The van der Waals surface area contributed by atoms with Crippen molar-refractivity contribution < 1.29 is 9.53 Å². The van der Waals surface area contributed by atoms with Gasteiger partial charge in [-0.05, 0) is 43.3 Å². The van der Waals surface area contributed by atoms with Crippen LogP contribution in [0.3, 0.4) is 0 Å². The first kappa shape index (κ1) is 26.5. The summed E-state index contributed by atoms with van der Waals surface area (Å²) >= 11 is 20.9. The number of allylic oxidation sites excluding steroid dienone is 1. The molecule has 2 heterocycles. The fourth-order valence-electron chi connectivity index (χ4n) is 3.24. The number of thioether (sulfide) groups is 1. The van der Waals surface area contributed by atoms with Crippen molar-refractivity contribution in [3.63, 3.8) is 0 Å². The highest BCUT2D eigenvalue weighted by molar-refractivity contribution is 7.99. The molecule has 0 aliphatic carbocycles. The minimum Gasteiger partial charge on any atom is -0.483 e. The normalized spacial score (nSPS) is 11.8. The third kappa shape index (κ3) is 6.60. The maximum absolute atomic E-state index is 12.6. The Morgan fingerprint density at radius 3 is 2.78 bits per heavy atom. The molecule has 186 valence electrons. The number of aromatic nitrogens is 4. The number of nitrogens with zero attached hydrogens (tertiary/aromatic N) is 4. The van der Waals surface area contributed by atoms with Gasteiger partial charge in [-0.2, -0.15) is 0 Å². The van der Waals surface area contributed by atoms with Gasteiger partial charge in [0.1, 0.15) is 5.75 Å². The minimum atomic E-state index is -0.396. The molecule has 0 aliphatic heterocycles. The van der Waals surface area contributed by atoms with Gasteiger partial charge in [0.25, 0.3) is 0 Å². The van der Waals surface area contributed by atoms with E-state index in [0.29, 0.717) is 49.2 Å². The van der Waals surface area contributed by atoms with Crippen LogP contribution in [0.25, 0.3) is 11.3 Å². The molecular formula is C24H20Cl3N5O2S2. The Morgan fingerprint density at radius 2 is 2.03 bits per heavy atom. The van der Waals surface area contributed by atoms with E-state index in [2.05, 4.69) is 27.1 Å². The number of nitrogens with one attached hydrogen (secondary N) is 1. The average molecular weight is 581 g/mol. The summed E-state index contributed by atoms with van der Waals surface area (Å²) in [5.74, 6) is 1.14. The summed E-state index contributed by atoms with van der Waals surface area (Å²) in [4.78, 5) is 17.1. The molecule has 4 aromatic rings.